The second-order valence-corrected chi connectivity index (χ2v) is 4.60. The Hall–Kier alpha value is -2.47. The number of halogens is 1. The molecular weight excluding hydrogens is 294 g/mol. The van der Waals surface area contributed by atoms with E-state index in [1.807, 2.05) is 6.07 Å². The average molecular weight is 306 g/mol. The minimum atomic E-state index is 0.385. The minimum absolute atomic E-state index is 0.385. The topological polar surface area (TPSA) is 73.3 Å². The number of furan rings is 1. The van der Waals surface area contributed by atoms with Crippen molar-refractivity contribution in [2.24, 2.45) is 0 Å². The summed E-state index contributed by atoms with van der Waals surface area (Å²) in [5.41, 5.74) is 0.832. The number of hydrogen-bond donors (Lipinski definition) is 1. The lowest BCUT2D eigenvalue weighted by molar-refractivity contribution is 0.382. The Morgan fingerprint density at radius 3 is 2.95 bits per heavy atom. The molecule has 0 bridgehead atoms. The predicted molar refractivity (Wildman–Crippen MR) is 77.3 cm³/mol. The van der Waals surface area contributed by atoms with Crippen molar-refractivity contribution < 1.29 is 13.7 Å². The molecule has 7 heteroatoms. The van der Waals surface area contributed by atoms with Gasteiger partial charge in [0.05, 0.1) is 24.9 Å². The van der Waals surface area contributed by atoms with E-state index >= 15 is 0 Å². The highest BCUT2D eigenvalue weighted by atomic mass is 35.5. The molecule has 0 aliphatic rings. The van der Waals surface area contributed by atoms with Gasteiger partial charge in [0.25, 0.3) is 0 Å². The van der Waals surface area contributed by atoms with Crippen LogP contribution in [0.4, 0.5) is 5.69 Å². The number of nitrogens with zero attached hydrogens (tertiary/aromatic N) is 2. The summed E-state index contributed by atoms with van der Waals surface area (Å²) in [5, 5.41) is 7.53. The fourth-order valence-corrected chi connectivity index (χ4v) is 2.04. The summed E-state index contributed by atoms with van der Waals surface area (Å²) in [6.07, 6.45) is 1.56. The van der Waals surface area contributed by atoms with Crippen molar-refractivity contribution in [3.8, 4) is 17.3 Å². The molecule has 108 valence electrons. The molecule has 6 nitrogen and oxygen atoms in total. The molecule has 0 radical (unpaired) electrons. The molecule has 1 N–H and O–H groups in total. The first kappa shape index (κ1) is 13.5. The van der Waals surface area contributed by atoms with Gasteiger partial charge < -0.3 is 19.0 Å². The lowest BCUT2D eigenvalue weighted by atomic mass is 10.3. The van der Waals surface area contributed by atoms with Crippen LogP contribution in [-0.4, -0.2) is 17.3 Å². The van der Waals surface area contributed by atoms with E-state index in [1.54, 1.807) is 37.6 Å². The highest BCUT2D eigenvalue weighted by molar-refractivity contribution is 6.32. The molecule has 3 rings (SSSR count). The number of nitrogens with one attached hydrogen (secondary N) is 1. The monoisotopic (exact) mass is 305 g/mol. The van der Waals surface area contributed by atoms with Crippen LogP contribution in [0.5, 0.6) is 5.75 Å². The van der Waals surface area contributed by atoms with Crippen LogP contribution in [0.1, 0.15) is 5.89 Å². The molecule has 0 saturated carbocycles. The molecule has 3 aromatic rings. The summed E-state index contributed by atoms with van der Waals surface area (Å²) in [6, 6.07) is 8.94. The molecule has 0 aliphatic carbocycles. The second kappa shape index (κ2) is 5.88. The van der Waals surface area contributed by atoms with E-state index < -0.39 is 0 Å². The van der Waals surface area contributed by atoms with E-state index in [4.69, 9.17) is 25.3 Å². The Balaban J connectivity index is 1.66. The van der Waals surface area contributed by atoms with Gasteiger partial charge in [-0.15, -0.1) is 0 Å². The van der Waals surface area contributed by atoms with Gasteiger partial charge in [-0.1, -0.05) is 16.8 Å². The van der Waals surface area contributed by atoms with Crippen LogP contribution in [0.15, 0.2) is 45.5 Å². The summed E-state index contributed by atoms with van der Waals surface area (Å²) in [5.74, 6) is 2.07. The Labute approximate surface area is 125 Å². The lowest BCUT2D eigenvalue weighted by Gasteiger charge is -2.06. The standard InChI is InChI=1S/C14H12ClN3O3/c1-19-11-5-4-9(7-10(11)15)16-8-13-17-14(18-21-13)12-3-2-6-20-12/h2-7,16H,8H2,1H3. The van der Waals surface area contributed by atoms with Gasteiger partial charge in [-0.2, -0.15) is 4.98 Å². The summed E-state index contributed by atoms with van der Waals surface area (Å²) < 4.78 is 15.4. The highest BCUT2D eigenvalue weighted by Crippen LogP contribution is 2.27. The van der Waals surface area contributed by atoms with Crippen LogP contribution < -0.4 is 10.1 Å². The summed E-state index contributed by atoms with van der Waals surface area (Å²) >= 11 is 6.05. The Bertz CT molecular complexity index is 725. The van der Waals surface area contributed by atoms with Crippen LogP contribution in [0, 0.1) is 0 Å². The number of aromatic nitrogens is 2. The van der Waals surface area contributed by atoms with Crippen molar-refractivity contribution in [1.29, 1.82) is 0 Å². The van der Waals surface area contributed by atoms with Crippen molar-refractivity contribution in [3.63, 3.8) is 0 Å². The van der Waals surface area contributed by atoms with Crippen molar-refractivity contribution in [2.75, 3.05) is 12.4 Å². The third-order valence-electron chi connectivity index (χ3n) is 2.81. The van der Waals surface area contributed by atoms with Gasteiger partial charge >= 0.3 is 0 Å². The van der Waals surface area contributed by atoms with Crippen molar-refractivity contribution in [1.82, 2.24) is 10.1 Å². The molecule has 2 aromatic heterocycles. The smallest absolute Gasteiger partial charge is 0.246 e. The van der Waals surface area contributed by atoms with Crippen LogP contribution in [0.3, 0.4) is 0 Å². The molecule has 0 atom stereocenters. The molecular formula is C14H12ClN3O3. The Morgan fingerprint density at radius 1 is 1.33 bits per heavy atom. The maximum Gasteiger partial charge on any atom is 0.246 e. The zero-order valence-corrected chi connectivity index (χ0v) is 11.9. The number of hydrogen-bond acceptors (Lipinski definition) is 6. The van der Waals surface area contributed by atoms with E-state index in [1.165, 1.54) is 0 Å². The molecule has 0 saturated heterocycles. The number of methoxy groups -OCH3 is 1. The molecule has 0 fully saturated rings. The zero-order valence-electron chi connectivity index (χ0n) is 11.2. The SMILES string of the molecule is COc1ccc(NCc2nc(-c3ccco3)no2)cc1Cl. The van der Waals surface area contributed by atoms with Crippen molar-refractivity contribution >= 4 is 17.3 Å². The Kier molecular flexibility index (Phi) is 3.79. The van der Waals surface area contributed by atoms with E-state index in [0.717, 1.165) is 5.69 Å². The quantitative estimate of drug-likeness (QED) is 0.776. The lowest BCUT2D eigenvalue weighted by Crippen LogP contribution is -1.99. The van der Waals surface area contributed by atoms with Crippen molar-refractivity contribution in [2.45, 2.75) is 6.54 Å². The van der Waals surface area contributed by atoms with Crippen LogP contribution in [0.25, 0.3) is 11.6 Å². The molecule has 0 amide bonds. The first-order valence-electron chi connectivity index (χ1n) is 6.20. The summed E-state index contributed by atoms with van der Waals surface area (Å²) in [6.45, 7) is 0.385. The van der Waals surface area contributed by atoms with Gasteiger partial charge in [-0.05, 0) is 30.3 Å². The third kappa shape index (κ3) is 3.00. The van der Waals surface area contributed by atoms with E-state index in [2.05, 4.69) is 15.5 Å². The summed E-state index contributed by atoms with van der Waals surface area (Å²) in [4.78, 5) is 4.23. The fourth-order valence-electron chi connectivity index (χ4n) is 1.79. The Morgan fingerprint density at radius 2 is 2.24 bits per heavy atom. The largest absolute Gasteiger partial charge is 0.495 e. The van der Waals surface area contributed by atoms with Crippen LogP contribution in [-0.2, 0) is 6.54 Å². The van der Waals surface area contributed by atoms with Crippen LogP contribution >= 0.6 is 11.6 Å². The zero-order chi connectivity index (χ0) is 14.7. The molecule has 0 spiro atoms. The number of ether oxygens (including phenoxy) is 1. The molecule has 0 unspecified atom stereocenters. The highest BCUT2D eigenvalue weighted by Gasteiger charge is 2.10. The third-order valence-corrected chi connectivity index (χ3v) is 3.10. The van der Waals surface area contributed by atoms with E-state index in [0.29, 0.717) is 34.8 Å². The minimum Gasteiger partial charge on any atom is -0.495 e. The van der Waals surface area contributed by atoms with Gasteiger partial charge in [0, 0.05) is 5.69 Å². The fraction of sp³-hybridized carbons (Fsp3) is 0.143. The van der Waals surface area contributed by atoms with Gasteiger partial charge in [-0.25, -0.2) is 0 Å². The number of benzene rings is 1. The number of anilines is 1. The second-order valence-electron chi connectivity index (χ2n) is 4.19. The van der Waals surface area contributed by atoms with Gasteiger partial charge in [0.1, 0.15) is 5.75 Å². The normalized spacial score (nSPS) is 10.6. The van der Waals surface area contributed by atoms with E-state index in [-0.39, 0.29) is 0 Å². The maximum atomic E-state index is 6.05. The molecule has 21 heavy (non-hydrogen) atoms. The van der Waals surface area contributed by atoms with Crippen LogP contribution in [0.2, 0.25) is 5.02 Å². The summed E-state index contributed by atoms with van der Waals surface area (Å²) in [7, 11) is 1.57. The first-order chi connectivity index (χ1) is 10.3. The molecule has 0 aliphatic heterocycles. The van der Waals surface area contributed by atoms with Crippen molar-refractivity contribution in [3.05, 3.63) is 47.5 Å². The number of rotatable bonds is 5. The van der Waals surface area contributed by atoms with E-state index in [9.17, 15) is 0 Å². The van der Waals surface area contributed by atoms with Gasteiger partial charge in [0.15, 0.2) is 5.76 Å². The first-order valence-corrected chi connectivity index (χ1v) is 6.58. The predicted octanol–water partition coefficient (Wildman–Crippen LogP) is 3.60. The van der Waals surface area contributed by atoms with Gasteiger partial charge in [0.2, 0.25) is 11.7 Å². The maximum absolute atomic E-state index is 6.05. The molecule has 2 heterocycles. The molecule has 1 aromatic carbocycles. The van der Waals surface area contributed by atoms with Gasteiger partial charge in [-0.3, -0.25) is 0 Å². The average Bonchev–Trinajstić information content (AvgIpc) is 3.16.